The van der Waals surface area contributed by atoms with Gasteiger partial charge in [-0.15, -0.1) is 0 Å². The lowest BCUT2D eigenvalue weighted by atomic mass is 10.1. The minimum absolute atomic E-state index is 0.146. The molecule has 0 radical (unpaired) electrons. The van der Waals surface area contributed by atoms with E-state index >= 15 is 0 Å². The molecule has 0 saturated heterocycles. The van der Waals surface area contributed by atoms with Gasteiger partial charge in [0.05, 0.1) is 0 Å². The molecule has 2 aromatic carbocycles. The van der Waals surface area contributed by atoms with Crippen LogP contribution in [0.15, 0.2) is 69.8 Å². The van der Waals surface area contributed by atoms with E-state index < -0.39 is 5.91 Å². The lowest BCUT2D eigenvalue weighted by Gasteiger charge is -2.09. The molecule has 0 fully saturated rings. The Kier molecular flexibility index (Phi) is 5.90. The summed E-state index contributed by atoms with van der Waals surface area (Å²) < 4.78 is 5.66. The van der Waals surface area contributed by atoms with Crippen molar-refractivity contribution >= 4 is 45.0 Å². The number of halogens is 1. The maximum absolute atomic E-state index is 12.5. The lowest BCUT2D eigenvalue weighted by molar-refractivity contribution is 0.0960. The van der Waals surface area contributed by atoms with Gasteiger partial charge in [0, 0.05) is 29.5 Å². The SMILES string of the molecule is CNC(=O)c1cccc(NC(=O)c2cccc(NC(=O)c3ccc(Br)o3)c2)c1. The van der Waals surface area contributed by atoms with Gasteiger partial charge >= 0.3 is 0 Å². The second-order valence-corrected chi connectivity index (χ2v) is 6.53. The van der Waals surface area contributed by atoms with Crippen LogP contribution in [-0.4, -0.2) is 24.8 Å². The summed E-state index contributed by atoms with van der Waals surface area (Å²) >= 11 is 3.14. The molecule has 0 aliphatic heterocycles. The Balaban J connectivity index is 1.72. The summed E-state index contributed by atoms with van der Waals surface area (Å²) in [6.07, 6.45) is 0. The summed E-state index contributed by atoms with van der Waals surface area (Å²) in [6.45, 7) is 0. The number of carbonyl (C=O) groups excluding carboxylic acids is 3. The normalized spacial score (nSPS) is 10.2. The van der Waals surface area contributed by atoms with Crippen LogP contribution in [0.25, 0.3) is 0 Å². The van der Waals surface area contributed by atoms with Crippen molar-refractivity contribution in [1.29, 1.82) is 0 Å². The van der Waals surface area contributed by atoms with Crippen LogP contribution in [0.1, 0.15) is 31.3 Å². The Morgan fingerprint density at radius 3 is 1.89 bits per heavy atom. The first-order chi connectivity index (χ1) is 13.5. The topological polar surface area (TPSA) is 100 Å². The van der Waals surface area contributed by atoms with Gasteiger partial charge in [0.25, 0.3) is 17.7 Å². The molecule has 0 aliphatic carbocycles. The monoisotopic (exact) mass is 441 g/mol. The molecule has 8 heteroatoms. The number of rotatable bonds is 5. The van der Waals surface area contributed by atoms with Gasteiger partial charge in [-0.1, -0.05) is 12.1 Å². The summed E-state index contributed by atoms with van der Waals surface area (Å²) in [6, 6.07) is 16.2. The molecule has 3 amide bonds. The molecule has 1 aromatic heterocycles. The fourth-order valence-electron chi connectivity index (χ4n) is 2.45. The number of anilines is 2. The summed E-state index contributed by atoms with van der Waals surface area (Å²) in [7, 11) is 1.54. The van der Waals surface area contributed by atoms with Crippen LogP contribution >= 0.6 is 15.9 Å². The van der Waals surface area contributed by atoms with Crippen molar-refractivity contribution in [3.8, 4) is 0 Å². The van der Waals surface area contributed by atoms with Crippen LogP contribution in [0.2, 0.25) is 0 Å². The number of carbonyl (C=O) groups is 3. The Morgan fingerprint density at radius 1 is 0.786 bits per heavy atom. The molecule has 0 atom stereocenters. The molecule has 3 rings (SSSR count). The molecule has 0 spiro atoms. The molecule has 0 unspecified atom stereocenters. The largest absolute Gasteiger partial charge is 0.444 e. The summed E-state index contributed by atoms with van der Waals surface area (Å²) in [5, 5.41) is 7.94. The number of benzene rings is 2. The van der Waals surface area contributed by atoms with E-state index in [0.717, 1.165) is 0 Å². The van der Waals surface area contributed by atoms with Crippen molar-refractivity contribution in [2.45, 2.75) is 0 Å². The predicted molar refractivity (Wildman–Crippen MR) is 109 cm³/mol. The molecular weight excluding hydrogens is 426 g/mol. The summed E-state index contributed by atoms with van der Waals surface area (Å²) in [4.78, 5) is 36.4. The Labute approximate surface area is 169 Å². The van der Waals surface area contributed by atoms with Gasteiger partial charge in [-0.3, -0.25) is 14.4 Å². The zero-order valence-corrected chi connectivity index (χ0v) is 16.4. The van der Waals surface area contributed by atoms with Crippen LogP contribution in [0.4, 0.5) is 11.4 Å². The Bertz CT molecular complexity index is 1050. The second kappa shape index (κ2) is 8.53. The van der Waals surface area contributed by atoms with E-state index in [9.17, 15) is 14.4 Å². The van der Waals surface area contributed by atoms with E-state index in [0.29, 0.717) is 27.2 Å². The number of nitrogens with one attached hydrogen (secondary N) is 3. The first-order valence-corrected chi connectivity index (χ1v) is 9.06. The lowest BCUT2D eigenvalue weighted by Crippen LogP contribution is -2.18. The molecule has 142 valence electrons. The molecule has 3 aromatic rings. The van der Waals surface area contributed by atoms with E-state index in [2.05, 4.69) is 31.9 Å². The van der Waals surface area contributed by atoms with Gasteiger partial charge < -0.3 is 20.4 Å². The highest BCUT2D eigenvalue weighted by Gasteiger charge is 2.13. The van der Waals surface area contributed by atoms with Gasteiger partial charge in [-0.2, -0.15) is 0 Å². The highest BCUT2D eigenvalue weighted by atomic mass is 79.9. The minimum atomic E-state index is -0.429. The van der Waals surface area contributed by atoms with E-state index in [1.54, 1.807) is 54.6 Å². The molecular formula is C20H16BrN3O4. The fourth-order valence-corrected chi connectivity index (χ4v) is 2.76. The van der Waals surface area contributed by atoms with Crippen LogP contribution < -0.4 is 16.0 Å². The zero-order chi connectivity index (χ0) is 20.1. The van der Waals surface area contributed by atoms with Gasteiger partial charge in [-0.05, 0) is 64.5 Å². The van der Waals surface area contributed by atoms with Gasteiger partial charge in [0.2, 0.25) is 0 Å². The van der Waals surface area contributed by atoms with Crippen molar-refractivity contribution in [2.75, 3.05) is 17.7 Å². The maximum Gasteiger partial charge on any atom is 0.291 e. The quantitative estimate of drug-likeness (QED) is 0.558. The van der Waals surface area contributed by atoms with Crippen molar-refractivity contribution in [3.63, 3.8) is 0 Å². The zero-order valence-electron chi connectivity index (χ0n) is 14.8. The maximum atomic E-state index is 12.5. The Morgan fingerprint density at radius 2 is 1.36 bits per heavy atom. The van der Waals surface area contributed by atoms with Crippen molar-refractivity contribution in [1.82, 2.24) is 5.32 Å². The molecule has 3 N–H and O–H groups in total. The summed E-state index contributed by atoms with van der Waals surface area (Å²) in [5.41, 5.74) is 1.72. The van der Waals surface area contributed by atoms with Crippen LogP contribution in [0.3, 0.4) is 0 Å². The molecule has 0 saturated carbocycles. The first-order valence-electron chi connectivity index (χ1n) is 8.26. The summed E-state index contributed by atoms with van der Waals surface area (Å²) in [5.74, 6) is -0.898. The number of amides is 3. The molecule has 7 nitrogen and oxygen atoms in total. The van der Waals surface area contributed by atoms with E-state index in [1.165, 1.54) is 13.1 Å². The van der Waals surface area contributed by atoms with Crippen LogP contribution in [0, 0.1) is 0 Å². The highest BCUT2D eigenvalue weighted by molar-refractivity contribution is 9.10. The number of furan rings is 1. The van der Waals surface area contributed by atoms with Gasteiger partial charge in [0.15, 0.2) is 10.4 Å². The highest BCUT2D eigenvalue weighted by Crippen LogP contribution is 2.18. The van der Waals surface area contributed by atoms with Gasteiger partial charge in [-0.25, -0.2) is 0 Å². The van der Waals surface area contributed by atoms with E-state index in [1.807, 2.05) is 0 Å². The Hall–Kier alpha value is -3.39. The predicted octanol–water partition coefficient (Wildman–Crippen LogP) is 3.91. The van der Waals surface area contributed by atoms with Crippen molar-refractivity contribution in [2.24, 2.45) is 0 Å². The molecule has 0 bridgehead atoms. The molecule has 28 heavy (non-hydrogen) atoms. The average molecular weight is 442 g/mol. The fraction of sp³-hybridized carbons (Fsp3) is 0.0500. The smallest absolute Gasteiger partial charge is 0.291 e. The van der Waals surface area contributed by atoms with Crippen molar-refractivity contribution in [3.05, 3.63) is 82.2 Å². The number of hydrogen-bond donors (Lipinski definition) is 3. The number of hydrogen-bond acceptors (Lipinski definition) is 4. The third-order valence-corrected chi connectivity index (χ3v) is 4.22. The second-order valence-electron chi connectivity index (χ2n) is 5.75. The average Bonchev–Trinajstić information content (AvgIpc) is 3.14. The van der Waals surface area contributed by atoms with Crippen molar-refractivity contribution < 1.29 is 18.8 Å². The van der Waals surface area contributed by atoms with E-state index in [-0.39, 0.29) is 17.6 Å². The van der Waals surface area contributed by atoms with E-state index in [4.69, 9.17) is 4.42 Å². The van der Waals surface area contributed by atoms with Crippen LogP contribution in [-0.2, 0) is 0 Å². The standard InChI is InChI=1S/C20H16BrN3O4/c1-22-18(25)12-4-2-6-14(10-12)23-19(26)13-5-3-7-15(11-13)24-20(27)16-8-9-17(21)28-16/h2-11H,1H3,(H,22,25)(H,23,26)(H,24,27). The third kappa shape index (κ3) is 4.66. The molecule has 1 heterocycles. The van der Waals surface area contributed by atoms with Gasteiger partial charge in [0.1, 0.15) is 0 Å². The minimum Gasteiger partial charge on any atom is -0.444 e. The third-order valence-electron chi connectivity index (χ3n) is 3.79. The molecule has 0 aliphatic rings. The first kappa shape index (κ1) is 19.4. The van der Waals surface area contributed by atoms with Crippen LogP contribution in [0.5, 0.6) is 0 Å².